The number of halogens is 2. The molecule has 2 atom stereocenters. The maximum atomic E-state index is 11.0. The average molecular weight is 260 g/mol. The Hall–Kier alpha value is -0.770. The molecule has 1 heterocycles. The van der Waals surface area contributed by atoms with Crippen molar-refractivity contribution in [3.05, 3.63) is 33.8 Å². The van der Waals surface area contributed by atoms with Crippen LogP contribution >= 0.6 is 23.2 Å². The molecule has 2 unspecified atom stereocenters. The molecule has 86 valence electrons. The van der Waals surface area contributed by atoms with Crippen LogP contribution in [0, 0.1) is 0 Å². The number of hydrogen-bond donors (Lipinski definition) is 2. The Labute approximate surface area is 103 Å². The van der Waals surface area contributed by atoms with E-state index in [9.17, 15) is 4.79 Å². The van der Waals surface area contributed by atoms with E-state index in [1.165, 1.54) is 0 Å². The first-order valence-electron chi connectivity index (χ1n) is 5.00. The van der Waals surface area contributed by atoms with Crippen molar-refractivity contribution < 1.29 is 9.90 Å². The highest BCUT2D eigenvalue weighted by Crippen LogP contribution is 2.32. The van der Waals surface area contributed by atoms with Gasteiger partial charge < -0.3 is 10.4 Å². The molecule has 1 aliphatic rings. The molecule has 0 saturated carbocycles. The van der Waals surface area contributed by atoms with E-state index < -0.39 is 12.0 Å². The predicted octanol–water partition coefficient (Wildman–Crippen LogP) is 2.52. The summed E-state index contributed by atoms with van der Waals surface area (Å²) in [5.41, 5.74) is 0.923. The summed E-state index contributed by atoms with van der Waals surface area (Å²) in [7, 11) is 0. The average Bonchev–Trinajstić information content (AvgIpc) is 2.71. The lowest BCUT2D eigenvalue weighted by Gasteiger charge is -2.16. The zero-order valence-corrected chi connectivity index (χ0v) is 9.92. The SMILES string of the molecule is O=C(O)C1NCCC1c1ccc(Cl)c(Cl)c1. The Morgan fingerprint density at radius 2 is 2.12 bits per heavy atom. The Balaban J connectivity index is 2.29. The second kappa shape index (κ2) is 4.62. The number of hydrogen-bond acceptors (Lipinski definition) is 2. The fourth-order valence-electron chi connectivity index (χ4n) is 2.06. The molecule has 1 aromatic rings. The van der Waals surface area contributed by atoms with Gasteiger partial charge in [-0.05, 0) is 30.7 Å². The van der Waals surface area contributed by atoms with Crippen molar-refractivity contribution in [3.63, 3.8) is 0 Å². The third-order valence-corrected chi connectivity index (χ3v) is 3.60. The summed E-state index contributed by atoms with van der Waals surface area (Å²) in [5, 5.41) is 13.0. The standard InChI is InChI=1S/C11H11Cl2NO2/c12-8-2-1-6(5-9(8)13)7-3-4-14-10(7)11(15)16/h1-2,5,7,10,14H,3-4H2,(H,15,16). The molecule has 1 saturated heterocycles. The molecule has 1 fully saturated rings. The molecule has 5 heteroatoms. The van der Waals surface area contributed by atoms with Crippen LogP contribution in [0.25, 0.3) is 0 Å². The maximum absolute atomic E-state index is 11.0. The summed E-state index contributed by atoms with van der Waals surface area (Å²) in [6.07, 6.45) is 0.801. The molecule has 0 amide bonds. The van der Waals surface area contributed by atoms with Crippen LogP contribution in [0.15, 0.2) is 18.2 Å². The minimum Gasteiger partial charge on any atom is -0.480 e. The van der Waals surface area contributed by atoms with E-state index >= 15 is 0 Å². The lowest BCUT2D eigenvalue weighted by Crippen LogP contribution is -2.34. The van der Waals surface area contributed by atoms with Crippen LogP contribution in [0.4, 0.5) is 0 Å². The van der Waals surface area contributed by atoms with Crippen LogP contribution in [0.5, 0.6) is 0 Å². The van der Waals surface area contributed by atoms with Crippen molar-refractivity contribution >= 4 is 29.2 Å². The Kier molecular flexibility index (Phi) is 3.38. The Morgan fingerprint density at radius 3 is 2.75 bits per heavy atom. The molecule has 0 aromatic heterocycles. The van der Waals surface area contributed by atoms with Crippen molar-refractivity contribution in [2.75, 3.05) is 6.54 Å². The molecule has 0 spiro atoms. The minimum atomic E-state index is -0.825. The van der Waals surface area contributed by atoms with Gasteiger partial charge in [-0.25, -0.2) is 0 Å². The summed E-state index contributed by atoms with van der Waals surface area (Å²) in [6.45, 7) is 0.710. The lowest BCUT2D eigenvalue weighted by atomic mass is 9.92. The van der Waals surface area contributed by atoms with Crippen LogP contribution in [-0.4, -0.2) is 23.7 Å². The van der Waals surface area contributed by atoms with E-state index in [-0.39, 0.29) is 5.92 Å². The van der Waals surface area contributed by atoms with Crippen LogP contribution < -0.4 is 5.32 Å². The smallest absolute Gasteiger partial charge is 0.321 e. The first kappa shape index (κ1) is 11.7. The summed E-state index contributed by atoms with van der Waals surface area (Å²) in [6, 6.07) is 4.76. The number of carboxylic acid groups (broad SMARTS) is 1. The van der Waals surface area contributed by atoms with Crippen LogP contribution in [-0.2, 0) is 4.79 Å². The minimum absolute atomic E-state index is 0.0349. The fourth-order valence-corrected chi connectivity index (χ4v) is 2.37. The van der Waals surface area contributed by atoms with Gasteiger partial charge in [-0.1, -0.05) is 29.3 Å². The van der Waals surface area contributed by atoms with Gasteiger partial charge in [-0.3, -0.25) is 4.79 Å². The normalized spacial score (nSPS) is 24.6. The molecule has 1 aromatic carbocycles. The van der Waals surface area contributed by atoms with Gasteiger partial charge >= 0.3 is 5.97 Å². The fraction of sp³-hybridized carbons (Fsp3) is 0.364. The first-order valence-corrected chi connectivity index (χ1v) is 5.76. The van der Waals surface area contributed by atoms with Crippen molar-refractivity contribution in [2.24, 2.45) is 0 Å². The number of rotatable bonds is 2. The summed E-state index contributed by atoms with van der Waals surface area (Å²) >= 11 is 11.7. The van der Waals surface area contributed by atoms with Crippen molar-refractivity contribution in [1.82, 2.24) is 5.32 Å². The van der Waals surface area contributed by atoms with Gasteiger partial charge in [0.1, 0.15) is 6.04 Å². The number of aliphatic carboxylic acids is 1. The highest BCUT2D eigenvalue weighted by Gasteiger charge is 2.33. The van der Waals surface area contributed by atoms with Crippen molar-refractivity contribution in [1.29, 1.82) is 0 Å². The molecule has 0 bridgehead atoms. The monoisotopic (exact) mass is 259 g/mol. The number of nitrogens with one attached hydrogen (secondary N) is 1. The molecule has 2 N–H and O–H groups in total. The zero-order chi connectivity index (χ0) is 11.7. The third kappa shape index (κ3) is 2.17. The van der Waals surface area contributed by atoms with E-state index in [0.29, 0.717) is 16.6 Å². The van der Waals surface area contributed by atoms with Gasteiger partial charge in [0.05, 0.1) is 10.0 Å². The molecule has 2 rings (SSSR count). The van der Waals surface area contributed by atoms with Gasteiger partial charge in [0.15, 0.2) is 0 Å². The second-order valence-corrected chi connectivity index (χ2v) is 4.65. The molecular formula is C11H11Cl2NO2. The largest absolute Gasteiger partial charge is 0.480 e. The van der Waals surface area contributed by atoms with E-state index in [0.717, 1.165) is 12.0 Å². The van der Waals surface area contributed by atoms with Crippen molar-refractivity contribution in [3.8, 4) is 0 Å². The van der Waals surface area contributed by atoms with Crippen LogP contribution in [0.3, 0.4) is 0 Å². The topological polar surface area (TPSA) is 49.3 Å². The summed E-state index contributed by atoms with van der Waals surface area (Å²) in [5.74, 6) is -0.860. The van der Waals surface area contributed by atoms with Gasteiger partial charge in [0.25, 0.3) is 0 Å². The zero-order valence-electron chi connectivity index (χ0n) is 8.41. The molecule has 16 heavy (non-hydrogen) atoms. The molecule has 1 aliphatic heterocycles. The molecular weight excluding hydrogens is 249 g/mol. The second-order valence-electron chi connectivity index (χ2n) is 3.84. The predicted molar refractivity (Wildman–Crippen MR) is 63.2 cm³/mol. The quantitative estimate of drug-likeness (QED) is 0.859. The van der Waals surface area contributed by atoms with Gasteiger partial charge in [0.2, 0.25) is 0 Å². The highest BCUT2D eigenvalue weighted by atomic mass is 35.5. The Bertz CT molecular complexity index is 422. The van der Waals surface area contributed by atoms with Gasteiger partial charge in [0, 0.05) is 5.92 Å². The van der Waals surface area contributed by atoms with E-state index in [1.807, 2.05) is 6.07 Å². The molecule has 3 nitrogen and oxygen atoms in total. The van der Waals surface area contributed by atoms with E-state index in [1.54, 1.807) is 12.1 Å². The van der Waals surface area contributed by atoms with Crippen LogP contribution in [0.2, 0.25) is 10.0 Å². The van der Waals surface area contributed by atoms with Crippen LogP contribution in [0.1, 0.15) is 17.9 Å². The molecule has 0 radical (unpaired) electrons. The summed E-state index contributed by atoms with van der Waals surface area (Å²) in [4.78, 5) is 11.0. The third-order valence-electron chi connectivity index (χ3n) is 2.86. The number of carboxylic acids is 1. The number of benzene rings is 1. The molecule has 0 aliphatic carbocycles. The highest BCUT2D eigenvalue weighted by molar-refractivity contribution is 6.42. The summed E-state index contributed by atoms with van der Waals surface area (Å²) < 4.78 is 0. The van der Waals surface area contributed by atoms with Gasteiger partial charge in [-0.15, -0.1) is 0 Å². The van der Waals surface area contributed by atoms with Crippen molar-refractivity contribution in [2.45, 2.75) is 18.4 Å². The lowest BCUT2D eigenvalue weighted by molar-refractivity contribution is -0.139. The number of carbonyl (C=O) groups is 1. The first-order chi connectivity index (χ1) is 7.59. The van der Waals surface area contributed by atoms with E-state index in [4.69, 9.17) is 28.3 Å². The Morgan fingerprint density at radius 1 is 1.38 bits per heavy atom. The van der Waals surface area contributed by atoms with E-state index in [2.05, 4.69) is 5.32 Å². The maximum Gasteiger partial charge on any atom is 0.321 e. The van der Waals surface area contributed by atoms with Gasteiger partial charge in [-0.2, -0.15) is 0 Å².